The normalized spacial score (nSPS) is 22.6. The molecule has 3 aromatic rings. The Kier molecular flexibility index (Phi) is 9.87. The summed E-state index contributed by atoms with van der Waals surface area (Å²) in [6.07, 6.45) is 6.58. The summed E-state index contributed by atoms with van der Waals surface area (Å²) in [5.74, 6) is 2.07. The van der Waals surface area contributed by atoms with Gasteiger partial charge < -0.3 is 29.9 Å². The van der Waals surface area contributed by atoms with Gasteiger partial charge in [-0.1, -0.05) is 18.2 Å². The molecular formula is C34H44N6O4. The minimum Gasteiger partial charge on any atom is -0.449 e. The summed E-state index contributed by atoms with van der Waals surface area (Å²) >= 11 is 0. The van der Waals surface area contributed by atoms with E-state index in [1.807, 2.05) is 36.5 Å². The molecule has 0 spiro atoms. The lowest BCUT2D eigenvalue weighted by Crippen LogP contribution is -2.44. The Balaban J connectivity index is 1.02. The van der Waals surface area contributed by atoms with Crippen LogP contribution in [-0.2, 0) is 9.47 Å². The number of nitrogens with zero attached hydrogens (tertiary/aromatic N) is 4. The van der Waals surface area contributed by atoms with E-state index in [1.54, 1.807) is 0 Å². The molecule has 44 heavy (non-hydrogen) atoms. The summed E-state index contributed by atoms with van der Waals surface area (Å²) in [4.78, 5) is 39.9. The molecule has 3 fully saturated rings. The number of alkyl carbamates (subject to hydrolysis) is 1. The van der Waals surface area contributed by atoms with Crippen LogP contribution >= 0.6 is 0 Å². The standard InChI is InChI=1S/C34H44N6O4/c1-39-13-15-40(16-14-39)32-11-10-27(21-35-32)31-18-29(28-4-2-3-5-30(28)38-31)33(41)36-19-24-6-8-25(9-7-24)20-37-34(42)44-23-26-12-17-43-22-26/h2-5,10-11,18,21,24-26H,6-9,12-17,19-20,22-23H2,1H3,(H,36,41)(H,37,42). The molecule has 2 saturated heterocycles. The van der Waals surface area contributed by atoms with Crippen molar-refractivity contribution in [3.8, 4) is 11.3 Å². The number of carbonyl (C=O) groups excluding carboxylic acids is 2. The molecule has 10 nitrogen and oxygen atoms in total. The van der Waals surface area contributed by atoms with E-state index >= 15 is 0 Å². The first-order valence-corrected chi connectivity index (χ1v) is 16.1. The number of amides is 2. The zero-order valence-corrected chi connectivity index (χ0v) is 25.7. The van der Waals surface area contributed by atoms with Gasteiger partial charge >= 0.3 is 6.09 Å². The van der Waals surface area contributed by atoms with Crippen LogP contribution in [-0.4, -0.2) is 93.0 Å². The molecule has 234 valence electrons. The van der Waals surface area contributed by atoms with E-state index in [2.05, 4.69) is 39.6 Å². The van der Waals surface area contributed by atoms with Crippen LogP contribution in [0.2, 0.25) is 0 Å². The first-order valence-electron chi connectivity index (χ1n) is 16.1. The Hall–Kier alpha value is -3.76. The fourth-order valence-electron chi connectivity index (χ4n) is 6.43. The van der Waals surface area contributed by atoms with Crippen LogP contribution < -0.4 is 15.5 Å². The SMILES string of the molecule is CN1CCN(c2ccc(-c3cc(C(=O)NCC4CCC(CNC(=O)OCC5CCOC5)CC4)c4ccccc4n3)cn2)CC1. The second kappa shape index (κ2) is 14.3. The van der Waals surface area contributed by atoms with Gasteiger partial charge in [0.1, 0.15) is 5.82 Å². The van der Waals surface area contributed by atoms with Crippen LogP contribution in [0.5, 0.6) is 0 Å². The molecule has 2 amide bonds. The predicted octanol–water partition coefficient (Wildman–Crippen LogP) is 4.35. The second-order valence-corrected chi connectivity index (χ2v) is 12.6. The number of nitrogens with one attached hydrogen (secondary N) is 2. The highest BCUT2D eigenvalue weighted by molar-refractivity contribution is 6.07. The van der Waals surface area contributed by atoms with E-state index in [-0.39, 0.29) is 12.0 Å². The third kappa shape index (κ3) is 7.65. The zero-order chi connectivity index (χ0) is 30.3. The lowest BCUT2D eigenvalue weighted by Gasteiger charge is -2.33. The first kappa shape index (κ1) is 30.3. The van der Waals surface area contributed by atoms with Crippen molar-refractivity contribution in [2.75, 3.05) is 71.0 Å². The predicted molar refractivity (Wildman–Crippen MR) is 171 cm³/mol. The van der Waals surface area contributed by atoms with E-state index in [4.69, 9.17) is 19.4 Å². The van der Waals surface area contributed by atoms with Crippen molar-refractivity contribution in [1.82, 2.24) is 25.5 Å². The van der Waals surface area contributed by atoms with E-state index < -0.39 is 0 Å². The maximum Gasteiger partial charge on any atom is 0.407 e. The maximum absolute atomic E-state index is 13.5. The van der Waals surface area contributed by atoms with Crippen LogP contribution in [0.25, 0.3) is 22.2 Å². The molecule has 1 aliphatic carbocycles. The van der Waals surface area contributed by atoms with E-state index in [1.165, 1.54) is 0 Å². The van der Waals surface area contributed by atoms with Gasteiger partial charge in [-0.05, 0) is 75.3 Å². The molecule has 4 heterocycles. The third-order valence-corrected chi connectivity index (χ3v) is 9.36. The molecule has 2 aromatic heterocycles. The highest BCUT2D eigenvalue weighted by Gasteiger charge is 2.24. The van der Waals surface area contributed by atoms with Crippen molar-refractivity contribution in [1.29, 1.82) is 0 Å². The van der Waals surface area contributed by atoms with Crippen molar-refractivity contribution < 1.29 is 19.1 Å². The van der Waals surface area contributed by atoms with Gasteiger partial charge in [-0.15, -0.1) is 0 Å². The maximum atomic E-state index is 13.5. The van der Waals surface area contributed by atoms with Crippen LogP contribution in [0.4, 0.5) is 10.6 Å². The summed E-state index contributed by atoms with van der Waals surface area (Å²) in [7, 11) is 2.15. The Morgan fingerprint density at radius 3 is 2.39 bits per heavy atom. The molecule has 2 aliphatic heterocycles. The van der Waals surface area contributed by atoms with E-state index in [0.717, 1.165) is 92.9 Å². The number of aromatic nitrogens is 2. The Morgan fingerprint density at radius 1 is 0.932 bits per heavy atom. The lowest BCUT2D eigenvalue weighted by atomic mass is 9.82. The quantitative estimate of drug-likeness (QED) is 0.373. The second-order valence-electron chi connectivity index (χ2n) is 12.6. The number of para-hydroxylation sites is 1. The number of ether oxygens (including phenoxy) is 2. The molecule has 0 bridgehead atoms. The lowest BCUT2D eigenvalue weighted by molar-refractivity contribution is 0.0941. The van der Waals surface area contributed by atoms with Crippen molar-refractivity contribution in [2.24, 2.45) is 17.8 Å². The van der Waals surface area contributed by atoms with Crippen molar-refractivity contribution in [2.45, 2.75) is 32.1 Å². The van der Waals surface area contributed by atoms with Gasteiger partial charge in [0.25, 0.3) is 5.91 Å². The average Bonchev–Trinajstić information content (AvgIpc) is 3.60. The number of piperazine rings is 1. The molecule has 1 aromatic carbocycles. The first-order chi connectivity index (χ1) is 21.5. The topological polar surface area (TPSA) is 109 Å². The smallest absolute Gasteiger partial charge is 0.407 e. The zero-order valence-electron chi connectivity index (χ0n) is 25.7. The minimum absolute atomic E-state index is 0.0777. The number of carbonyl (C=O) groups is 2. The van der Waals surface area contributed by atoms with Crippen molar-refractivity contribution >= 4 is 28.7 Å². The van der Waals surface area contributed by atoms with Crippen LogP contribution in [0.1, 0.15) is 42.5 Å². The molecule has 2 N–H and O–H groups in total. The van der Waals surface area contributed by atoms with Gasteiger partial charge in [-0.3, -0.25) is 4.79 Å². The van der Waals surface area contributed by atoms with Crippen LogP contribution in [0, 0.1) is 17.8 Å². The monoisotopic (exact) mass is 600 g/mol. The molecule has 3 aliphatic rings. The molecule has 6 rings (SSSR count). The largest absolute Gasteiger partial charge is 0.449 e. The van der Waals surface area contributed by atoms with Crippen molar-refractivity contribution in [3.63, 3.8) is 0 Å². The summed E-state index contributed by atoms with van der Waals surface area (Å²) in [6, 6.07) is 13.8. The number of hydrogen-bond donors (Lipinski definition) is 2. The van der Waals surface area contributed by atoms with Crippen molar-refractivity contribution in [3.05, 3.63) is 54.2 Å². The number of pyridine rings is 2. The van der Waals surface area contributed by atoms with Gasteiger partial charge in [0.05, 0.1) is 30.0 Å². The molecule has 1 unspecified atom stereocenters. The number of anilines is 1. The number of hydrogen-bond acceptors (Lipinski definition) is 8. The van der Waals surface area contributed by atoms with Gasteiger partial charge in [-0.2, -0.15) is 0 Å². The van der Waals surface area contributed by atoms with E-state index in [9.17, 15) is 9.59 Å². The Bertz CT molecular complexity index is 1410. The average molecular weight is 601 g/mol. The fraction of sp³-hybridized carbons (Fsp3) is 0.529. The van der Waals surface area contributed by atoms with Crippen LogP contribution in [0.15, 0.2) is 48.7 Å². The summed E-state index contributed by atoms with van der Waals surface area (Å²) in [5, 5.41) is 6.99. The third-order valence-electron chi connectivity index (χ3n) is 9.36. The molecule has 0 radical (unpaired) electrons. The Morgan fingerprint density at radius 2 is 1.68 bits per heavy atom. The molecule has 1 atom stereocenters. The molecular weight excluding hydrogens is 556 g/mol. The highest BCUT2D eigenvalue weighted by atomic mass is 16.6. The van der Waals surface area contributed by atoms with Gasteiger partial charge in [0.2, 0.25) is 0 Å². The highest BCUT2D eigenvalue weighted by Crippen LogP contribution is 2.29. The number of rotatable bonds is 9. The van der Waals surface area contributed by atoms with E-state index in [0.29, 0.717) is 49.6 Å². The molecule has 10 heteroatoms. The fourth-order valence-corrected chi connectivity index (χ4v) is 6.43. The van der Waals surface area contributed by atoms with Gasteiger partial charge in [0, 0.05) is 68.9 Å². The number of benzene rings is 1. The number of likely N-dealkylation sites (N-methyl/N-ethyl adjacent to an activating group) is 1. The van der Waals surface area contributed by atoms with Crippen LogP contribution in [0.3, 0.4) is 0 Å². The van der Waals surface area contributed by atoms with Gasteiger partial charge in [0.15, 0.2) is 0 Å². The number of fused-ring (bicyclic) bond motifs is 1. The summed E-state index contributed by atoms with van der Waals surface area (Å²) in [6.45, 7) is 7.11. The summed E-state index contributed by atoms with van der Waals surface area (Å²) in [5.41, 5.74) is 3.07. The van der Waals surface area contributed by atoms with Gasteiger partial charge in [-0.25, -0.2) is 14.8 Å². The minimum atomic E-state index is -0.336. The molecule has 1 saturated carbocycles. The summed E-state index contributed by atoms with van der Waals surface area (Å²) < 4.78 is 10.7. The Labute approximate surface area is 259 Å².